The van der Waals surface area contributed by atoms with E-state index >= 15 is 0 Å². The molecule has 1 aromatic heterocycles. The summed E-state index contributed by atoms with van der Waals surface area (Å²) in [6.07, 6.45) is -3.18. The number of nitrogens with one attached hydrogen (secondary N) is 3. The third-order valence-electron chi connectivity index (χ3n) is 6.18. The molecule has 12 nitrogen and oxygen atoms in total. The van der Waals surface area contributed by atoms with E-state index < -0.39 is 24.9 Å². The van der Waals surface area contributed by atoms with Crippen molar-refractivity contribution < 1.29 is 37.0 Å². The summed E-state index contributed by atoms with van der Waals surface area (Å²) in [6.45, 7) is 2.46. The smallest absolute Gasteiger partial charge is 0.422 e. The molecule has 0 atom stereocenters. The zero-order chi connectivity index (χ0) is 31.4. The number of benzene rings is 2. The Morgan fingerprint density at radius 1 is 0.977 bits per heavy atom. The largest absolute Gasteiger partial charge is 0.494 e. The Morgan fingerprint density at radius 2 is 1.70 bits per heavy atom. The summed E-state index contributed by atoms with van der Waals surface area (Å²) in [7, 11) is 0. The minimum absolute atomic E-state index is 0.00697. The molecule has 4 aliphatic heterocycles. The number of ether oxygens (including phenoxy) is 3. The number of carbonyl (C=O) groups is 2. The Balaban J connectivity index is 1.52. The van der Waals surface area contributed by atoms with Gasteiger partial charge in [-0.2, -0.15) is 28.1 Å². The van der Waals surface area contributed by atoms with Gasteiger partial charge in [-0.25, -0.2) is 4.79 Å². The first-order valence-corrected chi connectivity index (χ1v) is 14.2. The minimum Gasteiger partial charge on any atom is -0.494 e. The maximum absolute atomic E-state index is 12.8. The number of carbonyl (C=O) groups excluding carboxylic acids is 2. The van der Waals surface area contributed by atoms with E-state index in [2.05, 4.69) is 30.9 Å². The Morgan fingerprint density at radius 3 is 2.43 bits per heavy atom. The van der Waals surface area contributed by atoms with Crippen molar-refractivity contribution in [2.45, 2.75) is 38.9 Å². The molecular formula is C29H34F3N7O5. The molecule has 236 valence electrons. The summed E-state index contributed by atoms with van der Waals surface area (Å²) >= 11 is 0. The maximum Gasteiger partial charge on any atom is 0.422 e. The fourth-order valence-corrected chi connectivity index (χ4v) is 4.02. The highest BCUT2D eigenvalue weighted by Crippen LogP contribution is 2.21. The van der Waals surface area contributed by atoms with Crippen LogP contribution in [0.4, 0.5) is 35.5 Å². The van der Waals surface area contributed by atoms with E-state index in [0.717, 1.165) is 5.56 Å². The van der Waals surface area contributed by atoms with Gasteiger partial charge in [0.1, 0.15) is 5.75 Å². The van der Waals surface area contributed by atoms with Crippen molar-refractivity contribution in [3.8, 4) is 11.8 Å². The minimum atomic E-state index is -4.58. The first kappa shape index (κ1) is 32.1. The zero-order valence-electron chi connectivity index (χ0n) is 24.2. The van der Waals surface area contributed by atoms with Crippen LogP contribution in [0.15, 0.2) is 48.5 Å². The number of aromatic nitrogens is 3. The summed E-state index contributed by atoms with van der Waals surface area (Å²) in [4.78, 5) is 39.0. The van der Waals surface area contributed by atoms with Crippen LogP contribution in [0.5, 0.6) is 11.8 Å². The summed E-state index contributed by atoms with van der Waals surface area (Å²) in [5.41, 5.74) is 1.70. The van der Waals surface area contributed by atoms with Crippen molar-refractivity contribution in [1.82, 2.24) is 25.2 Å². The molecule has 0 unspecified atom stereocenters. The normalized spacial score (nSPS) is 14.8. The fourth-order valence-electron chi connectivity index (χ4n) is 4.02. The molecule has 0 saturated carbocycles. The van der Waals surface area contributed by atoms with Crippen molar-refractivity contribution in [2.75, 3.05) is 50.1 Å². The molecular weight excluding hydrogens is 583 g/mol. The molecule has 44 heavy (non-hydrogen) atoms. The topological polar surface area (TPSA) is 140 Å². The molecule has 0 radical (unpaired) electrons. The molecule has 7 rings (SSSR count). The van der Waals surface area contributed by atoms with Crippen molar-refractivity contribution >= 4 is 29.6 Å². The van der Waals surface area contributed by atoms with Crippen LogP contribution in [-0.4, -0.2) is 77.5 Å². The lowest BCUT2D eigenvalue weighted by Crippen LogP contribution is -2.36. The Kier molecular flexibility index (Phi) is 11.4. The van der Waals surface area contributed by atoms with Crippen molar-refractivity contribution in [3.05, 3.63) is 59.7 Å². The maximum atomic E-state index is 12.8. The average molecular weight is 618 g/mol. The summed E-state index contributed by atoms with van der Waals surface area (Å²) in [5, 5.41) is 8.71. The zero-order valence-corrected chi connectivity index (χ0v) is 24.2. The van der Waals surface area contributed by atoms with Gasteiger partial charge in [-0.3, -0.25) is 4.79 Å². The van der Waals surface area contributed by atoms with Crippen LogP contribution in [0, 0.1) is 0 Å². The number of amides is 2. The van der Waals surface area contributed by atoms with Crippen molar-refractivity contribution in [2.24, 2.45) is 0 Å². The highest BCUT2D eigenvalue weighted by atomic mass is 19.4. The standard InChI is InChI=1S/C29H34F3N7O5/c1-2-16-43-28(41)39-14-3-13-33-24(40)21-7-9-22(10-8-21)35-26-36-25(37-27(38-26)44-19-29(30,31)32)34-18-20-5-11-23(12-6-20)42-17-4-15-39/h5-12H,2-4,13-19H2,1H3,(H,33,40)(H2,34,35,36,37,38). The fraction of sp³-hybridized carbons (Fsp3) is 0.414. The van der Waals surface area contributed by atoms with Crippen molar-refractivity contribution in [3.63, 3.8) is 0 Å². The first-order valence-electron chi connectivity index (χ1n) is 14.2. The number of hydrogen-bond acceptors (Lipinski definition) is 10. The summed E-state index contributed by atoms with van der Waals surface area (Å²) in [5.74, 6) is 0.260. The molecule has 4 aliphatic rings. The second-order valence-corrected chi connectivity index (χ2v) is 9.78. The van der Waals surface area contributed by atoms with E-state index in [1.807, 2.05) is 19.1 Å². The van der Waals surface area contributed by atoms with Crippen LogP contribution in [0.25, 0.3) is 0 Å². The second-order valence-electron chi connectivity index (χ2n) is 9.78. The average Bonchev–Trinajstić information content (AvgIpc) is 3.01. The lowest BCUT2D eigenvalue weighted by molar-refractivity contribution is -0.154. The van der Waals surface area contributed by atoms with Crippen LogP contribution in [-0.2, 0) is 11.3 Å². The number of rotatable bonds is 4. The van der Waals surface area contributed by atoms with E-state index in [9.17, 15) is 22.8 Å². The van der Waals surface area contributed by atoms with Gasteiger partial charge in [-0.15, -0.1) is 0 Å². The molecule has 3 aromatic rings. The van der Waals surface area contributed by atoms with Crippen LogP contribution < -0.4 is 25.4 Å². The van der Waals surface area contributed by atoms with E-state index in [1.165, 1.54) is 0 Å². The van der Waals surface area contributed by atoms with Gasteiger partial charge < -0.3 is 35.1 Å². The quantitative estimate of drug-likeness (QED) is 0.370. The van der Waals surface area contributed by atoms with Gasteiger partial charge in [-0.1, -0.05) is 19.1 Å². The van der Waals surface area contributed by atoms with Crippen LogP contribution in [0.1, 0.15) is 42.1 Å². The predicted octanol–water partition coefficient (Wildman–Crippen LogP) is 4.92. The molecule has 0 aliphatic carbocycles. The number of alkyl halides is 3. The van der Waals surface area contributed by atoms with E-state index in [4.69, 9.17) is 14.2 Å². The Hall–Kier alpha value is -4.82. The Labute approximate surface area is 252 Å². The summed E-state index contributed by atoms with van der Waals surface area (Å²) in [6, 6.07) is 13.1. The van der Waals surface area contributed by atoms with E-state index in [-0.39, 0.29) is 24.3 Å². The van der Waals surface area contributed by atoms with Gasteiger partial charge in [0.2, 0.25) is 11.9 Å². The SMILES string of the molecule is CCCOC(=O)N1CCCNC(=O)c2ccc(cc2)Nc2nc(nc(OCC(F)(F)F)n2)NCc2ccc(cc2)OCCC1. The van der Waals surface area contributed by atoms with Gasteiger partial charge >= 0.3 is 18.3 Å². The van der Waals surface area contributed by atoms with Gasteiger partial charge in [0.15, 0.2) is 6.61 Å². The molecule has 2 aromatic carbocycles. The monoisotopic (exact) mass is 617 g/mol. The van der Waals surface area contributed by atoms with E-state index in [0.29, 0.717) is 69.1 Å². The molecule has 3 N–H and O–H groups in total. The third kappa shape index (κ3) is 10.5. The van der Waals surface area contributed by atoms with Crippen LogP contribution in [0.2, 0.25) is 0 Å². The second kappa shape index (κ2) is 15.6. The number of hydrogen-bond donors (Lipinski definition) is 3. The first-order chi connectivity index (χ1) is 21.2. The van der Waals surface area contributed by atoms with Crippen molar-refractivity contribution in [1.29, 1.82) is 0 Å². The highest BCUT2D eigenvalue weighted by molar-refractivity contribution is 5.94. The van der Waals surface area contributed by atoms with Gasteiger partial charge in [-0.05, 0) is 61.2 Å². The number of anilines is 3. The predicted molar refractivity (Wildman–Crippen MR) is 155 cm³/mol. The van der Waals surface area contributed by atoms with Gasteiger partial charge in [0, 0.05) is 37.4 Å². The third-order valence-corrected chi connectivity index (χ3v) is 6.18. The molecule has 2 amide bonds. The number of halogens is 3. The van der Waals surface area contributed by atoms with Gasteiger partial charge in [0.05, 0.1) is 13.2 Å². The van der Waals surface area contributed by atoms with Crippen LogP contribution >= 0.6 is 0 Å². The molecule has 15 heteroatoms. The number of nitrogens with zero attached hydrogens (tertiary/aromatic N) is 4. The highest BCUT2D eigenvalue weighted by Gasteiger charge is 2.29. The molecule has 0 saturated heterocycles. The van der Waals surface area contributed by atoms with E-state index in [1.54, 1.807) is 41.3 Å². The molecule has 0 spiro atoms. The van der Waals surface area contributed by atoms with Gasteiger partial charge in [0.25, 0.3) is 5.91 Å². The van der Waals surface area contributed by atoms with Crippen LogP contribution in [0.3, 0.4) is 0 Å². The lowest BCUT2D eigenvalue weighted by atomic mass is 10.2. The molecule has 6 bridgehead atoms. The molecule has 0 fully saturated rings. The Bertz CT molecular complexity index is 1380. The molecule has 5 heterocycles. The summed E-state index contributed by atoms with van der Waals surface area (Å²) < 4.78 is 54.2. The lowest BCUT2D eigenvalue weighted by Gasteiger charge is -2.22.